The summed E-state index contributed by atoms with van der Waals surface area (Å²) < 4.78 is 18.3. The third-order valence-electron chi connectivity index (χ3n) is 3.30. The van der Waals surface area contributed by atoms with Gasteiger partial charge in [-0.05, 0) is 18.9 Å². The van der Waals surface area contributed by atoms with E-state index in [2.05, 4.69) is 4.74 Å². The molecule has 0 radical (unpaired) electrons. The standard InChI is InChI=1S/C13H15FN2O5/c1-21-13(18)9-6-11(12(16(19)20)7-10(9)14)15(4-5-17)8-2-3-8/h6-8,17H,2-5H2,1H3. The van der Waals surface area contributed by atoms with E-state index in [0.29, 0.717) is 6.07 Å². The number of aliphatic hydroxyl groups is 1. The molecule has 0 saturated heterocycles. The highest BCUT2D eigenvalue weighted by molar-refractivity contribution is 5.92. The van der Waals surface area contributed by atoms with Gasteiger partial charge in [-0.2, -0.15) is 0 Å². The van der Waals surface area contributed by atoms with Gasteiger partial charge in [0.2, 0.25) is 0 Å². The summed E-state index contributed by atoms with van der Waals surface area (Å²) >= 11 is 0. The second kappa shape index (κ2) is 6.04. The Labute approximate surface area is 120 Å². The zero-order valence-electron chi connectivity index (χ0n) is 11.4. The van der Waals surface area contributed by atoms with Crippen molar-refractivity contribution in [3.63, 3.8) is 0 Å². The first kappa shape index (κ1) is 15.2. The Morgan fingerprint density at radius 3 is 2.71 bits per heavy atom. The Kier molecular flexibility index (Phi) is 4.37. The van der Waals surface area contributed by atoms with Crippen molar-refractivity contribution in [1.82, 2.24) is 0 Å². The van der Waals surface area contributed by atoms with Crippen LogP contribution in [0.15, 0.2) is 12.1 Å². The lowest BCUT2D eigenvalue weighted by molar-refractivity contribution is -0.384. The second-order valence-corrected chi connectivity index (χ2v) is 4.72. The molecular weight excluding hydrogens is 283 g/mol. The van der Waals surface area contributed by atoms with Gasteiger partial charge in [0, 0.05) is 12.6 Å². The van der Waals surface area contributed by atoms with E-state index < -0.39 is 22.4 Å². The van der Waals surface area contributed by atoms with Crippen LogP contribution in [0.25, 0.3) is 0 Å². The number of anilines is 1. The fourth-order valence-electron chi connectivity index (χ4n) is 2.19. The predicted octanol–water partition coefficient (Wildman–Crippen LogP) is 1.48. The molecule has 0 aromatic heterocycles. The fraction of sp³-hybridized carbons (Fsp3) is 0.462. The molecular formula is C13H15FN2O5. The van der Waals surface area contributed by atoms with Crippen LogP contribution in [0.3, 0.4) is 0 Å². The Morgan fingerprint density at radius 2 is 2.24 bits per heavy atom. The summed E-state index contributed by atoms with van der Waals surface area (Å²) in [6, 6.07) is 1.90. The molecule has 0 spiro atoms. The minimum atomic E-state index is -1.00. The largest absolute Gasteiger partial charge is 0.465 e. The number of aliphatic hydroxyl groups excluding tert-OH is 1. The average Bonchev–Trinajstić information content (AvgIpc) is 3.28. The quantitative estimate of drug-likeness (QED) is 0.486. The lowest BCUT2D eigenvalue weighted by Crippen LogP contribution is -2.30. The first-order valence-electron chi connectivity index (χ1n) is 6.43. The number of esters is 1. The van der Waals surface area contributed by atoms with Crippen molar-refractivity contribution in [3.8, 4) is 0 Å². The Hall–Kier alpha value is -2.22. The van der Waals surface area contributed by atoms with Gasteiger partial charge >= 0.3 is 5.97 Å². The summed E-state index contributed by atoms with van der Waals surface area (Å²) in [5.74, 6) is -1.90. The van der Waals surface area contributed by atoms with Gasteiger partial charge in [-0.15, -0.1) is 0 Å². The van der Waals surface area contributed by atoms with Crippen molar-refractivity contribution >= 4 is 17.3 Å². The van der Waals surface area contributed by atoms with Gasteiger partial charge < -0.3 is 14.7 Å². The van der Waals surface area contributed by atoms with E-state index in [4.69, 9.17) is 5.11 Å². The van der Waals surface area contributed by atoms with E-state index in [0.717, 1.165) is 26.0 Å². The smallest absolute Gasteiger partial charge is 0.340 e. The molecule has 0 heterocycles. The lowest BCUT2D eigenvalue weighted by atomic mass is 10.1. The summed E-state index contributed by atoms with van der Waals surface area (Å²) in [6.07, 6.45) is 1.67. The summed E-state index contributed by atoms with van der Waals surface area (Å²) in [5.41, 5.74) is -0.666. The van der Waals surface area contributed by atoms with Crippen LogP contribution >= 0.6 is 0 Å². The predicted molar refractivity (Wildman–Crippen MR) is 71.8 cm³/mol. The molecule has 1 N–H and O–H groups in total. The van der Waals surface area contributed by atoms with Crippen molar-refractivity contribution < 1.29 is 24.0 Å². The monoisotopic (exact) mass is 298 g/mol. The third kappa shape index (κ3) is 3.10. The first-order valence-corrected chi connectivity index (χ1v) is 6.43. The van der Waals surface area contributed by atoms with E-state index in [1.54, 1.807) is 4.90 Å². The van der Waals surface area contributed by atoms with Gasteiger partial charge in [-0.3, -0.25) is 10.1 Å². The van der Waals surface area contributed by atoms with Crippen LogP contribution in [0.4, 0.5) is 15.8 Å². The summed E-state index contributed by atoms with van der Waals surface area (Å²) in [4.78, 5) is 23.6. The summed E-state index contributed by atoms with van der Waals surface area (Å²) in [5, 5.41) is 20.2. The van der Waals surface area contributed by atoms with Crippen LogP contribution in [-0.4, -0.2) is 42.3 Å². The molecule has 7 nitrogen and oxygen atoms in total. The minimum Gasteiger partial charge on any atom is -0.465 e. The van der Waals surface area contributed by atoms with Crippen molar-refractivity contribution in [2.24, 2.45) is 0 Å². The van der Waals surface area contributed by atoms with Crippen LogP contribution < -0.4 is 4.90 Å². The normalized spacial score (nSPS) is 13.9. The molecule has 0 aliphatic heterocycles. The molecule has 1 aromatic rings. The number of rotatable bonds is 6. The Balaban J connectivity index is 2.53. The van der Waals surface area contributed by atoms with Gasteiger partial charge in [0.15, 0.2) is 0 Å². The lowest BCUT2D eigenvalue weighted by Gasteiger charge is -2.23. The van der Waals surface area contributed by atoms with E-state index in [1.807, 2.05) is 0 Å². The molecule has 0 atom stereocenters. The number of methoxy groups -OCH3 is 1. The van der Waals surface area contributed by atoms with Crippen molar-refractivity contribution in [2.45, 2.75) is 18.9 Å². The van der Waals surface area contributed by atoms with E-state index >= 15 is 0 Å². The van der Waals surface area contributed by atoms with Gasteiger partial charge in [-0.1, -0.05) is 0 Å². The van der Waals surface area contributed by atoms with Gasteiger partial charge in [0.05, 0.1) is 30.3 Å². The number of nitro groups is 1. The SMILES string of the molecule is COC(=O)c1cc(N(CCO)C2CC2)c([N+](=O)[O-])cc1F. The number of ether oxygens (including phenoxy) is 1. The number of carbonyl (C=O) groups excluding carboxylic acids is 1. The molecule has 8 heteroatoms. The summed E-state index contributed by atoms with van der Waals surface area (Å²) in [6.45, 7) is -0.0175. The molecule has 0 amide bonds. The molecule has 1 aliphatic rings. The first-order chi connectivity index (χ1) is 9.99. The molecule has 2 rings (SSSR count). The zero-order valence-corrected chi connectivity index (χ0v) is 11.4. The van der Waals surface area contributed by atoms with Gasteiger partial charge in [0.1, 0.15) is 11.5 Å². The minimum absolute atomic E-state index is 0.0619. The van der Waals surface area contributed by atoms with Crippen LogP contribution in [-0.2, 0) is 4.74 Å². The number of carbonyl (C=O) groups is 1. The van der Waals surface area contributed by atoms with Crippen LogP contribution in [0.1, 0.15) is 23.2 Å². The Bertz CT molecular complexity index is 574. The highest BCUT2D eigenvalue weighted by Crippen LogP contribution is 2.38. The average molecular weight is 298 g/mol. The number of nitro benzene ring substituents is 1. The van der Waals surface area contributed by atoms with Crippen molar-refractivity contribution in [1.29, 1.82) is 0 Å². The maximum atomic E-state index is 13.8. The topological polar surface area (TPSA) is 92.9 Å². The number of nitrogens with zero attached hydrogens (tertiary/aromatic N) is 2. The van der Waals surface area contributed by atoms with Crippen LogP contribution in [0.5, 0.6) is 0 Å². The summed E-state index contributed by atoms with van der Waals surface area (Å²) in [7, 11) is 1.11. The van der Waals surface area contributed by atoms with Crippen LogP contribution in [0.2, 0.25) is 0 Å². The number of benzene rings is 1. The molecule has 1 fully saturated rings. The van der Waals surface area contributed by atoms with Gasteiger partial charge in [0.25, 0.3) is 5.69 Å². The van der Waals surface area contributed by atoms with E-state index in [9.17, 15) is 19.3 Å². The maximum Gasteiger partial charge on any atom is 0.340 e. The fourth-order valence-corrected chi connectivity index (χ4v) is 2.19. The van der Waals surface area contributed by atoms with E-state index in [-0.39, 0.29) is 30.4 Å². The number of hydrogen-bond acceptors (Lipinski definition) is 6. The molecule has 1 aromatic carbocycles. The van der Waals surface area contributed by atoms with Gasteiger partial charge in [-0.25, -0.2) is 9.18 Å². The van der Waals surface area contributed by atoms with Crippen molar-refractivity contribution in [3.05, 3.63) is 33.6 Å². The number of hydrogen-bond donors (Lipinski definition) is 1. The third-order valence-corrected chi connectivity index (χ3v) is 3.30. The van der Waals surface area contributed by atoms with Crippen molar-refractivity contribution in [2.75, 3.05) is 25.2 Å². The zero-order chi connectivity index (χ0) is 15.6. The van der Waals surface area contributed by atoms with Crippen LogP contribution in [0, 0.1) is 15.9 Å². The van der Waals surface area contributed by atoms with E-state index in [1.165, 1.54) is 0 Å². The number of halogens is 1. The molecule has 21 heavy (non-hydrogen) atoms. The molecule has 0 unspecified atom stereocenters. The molecule has 1 aliphatic carbocycles. The highest BCUT2D eigenvalue weighted by atomic mass is 19.1. The molecule has 1 saturated carbocycles. The second-order valence-electron chi connectivity index (χ2n) is 4.72. The Morgan fingerprint density at radius 1 is 1.57 bits per heavy atom. The highest BCUT2D eigenvalue weighted by Gasteiger charge is 2.34. The molecule has 114 valence electrons. The molecule has 0 bridgehead atoms. The maximum absolute atomic E-state index is 13.8.